The fourth-order valence-electron chi connectivity index (χ4n) is 2.42. The number of carbonyl (C=O) groups is 3. The second-order valence-corrected chi connectivity index (χ2v) is 5.56. The van der Waals surface area contributed by atoms with Crippen molar-refractivity contribution in [2.75, 3.05) is 0 Å². The molecule has 0 fully saturated rings. The van der Waals surface area contributed by atoms with E-state index in [4.69, 9.17) is 15.5 Å². The molecule has 0 aromatic heterocycles. The molecule has 0 bridgehead atoms. The van der Waals surface area contributed by atoms with Crippen molar-refractivity contribution in [1.29, 1.82) is 5.26 Å². The molecule has 0 spiro atoms. The van der Waals surface area contributed by atoms with Crippen LogP contribution in [-0.2, 0) is 22.4 Å². The predicted octanol–water partition coefficient (Wildman–Crippen LogP) is 2.71. The van der Waals surface area contributed by atoms with Crippen LogP contribution >= 0.6 is 0 Å². The molecular formula is C20H15NO5. The van der Waals surface area contributed by atoms with Gasteiger partial charge < -0.3 is 10.2 Å². The number of allylic oxidation sites excluding steroid dienone is 1. The maximum absolute atomic E-state index is 12.2. The van der Waals surface area contributed by atoms with E-state index in [1.807, 2.05) is 6.07 Å². The number of nitrogens with zero attached hydrogens (tertiary/aromatic N) is 1. The third kappa shape index (κ3) is 5.14. The zero-order valence-electron chi connectivity index (χ0n) is 13.7. The van der Waals surface area contributed by atoms with E-state index in [-0.39, 0.29) is 18.6 Å². The molecule has 0 saturated heterocycles. The van der Waals surface area contributed by atoms with Crippen LogP contribution in [0.2, 0.25) is 0 Å². The van der Waals surface area contributed by atoms with Gasteiger partial charge in [-0.1, -0.05) is 36.4 Å². The quantitative estimate of drug-likeness (QED) is 0.586. The summed E-state index contributed by atoms with van der Waals surface area (Å²) in [7, 11) is 0. The summed E-state index contributed by atoms with van der Waals surface area (Å²) in [6.45, 7) is 0. The summed E-state index contributed by atoms with van der Waals surface area (Å²) in [5.74, 6) is -2.41. The van der Waals surface area contributed by atoms with Gasteiger partial charge >= 0.3 is 11.9 Å². The Kier molecular flexibility index (Phi) is 6.01. The Hall–Kier alpha value is -3.72. The molecule has 0 saturated carbocycles. The Morgan fingerprint density at radius 3 is 2.31 bits per heavy atom. The van der Waals surface area contributed by atoms with Crippen LogP contribution in [0.3, 0.4) is 0 Å². The largest absolute Gasteiger partial charge is 0.481 e. The van der Waals surface area contributed by atoms with E-state index >= 15 is 0 Å². The van der Waals surface area contributed by atoms with Gasteiger partial charge in [-0.15, -0.1) is 0 Å². The highest BCUT2D eigenvalue weighted by Crippen LogP contribution is 2.16. The summed E-state index contributed by atoms with van der Waals surface area (Å²) in [5.41, 5.74) is 2.14. The molecule has 0 heterocycles. The molecule has 0 aliphatic heterocycles. The summed E-state index contributed by atoms with van der Waals surface area (Å²) < 4.78 is 0. The predicted molar refractivity (Wildman–Crippen MR) is 93.6 cm³/mol. The fraction of sp³-hybridized carbons (Fsp3) is 0.100. The average molecular weight is 349 g/mol. The van der Waals surface area contributed by atoms with E-state index < -0.39 is 11.9 Å². The van der Waals surface area contributed by atoms with E-state index in [0.717, 1.165) is 0 Å². The molecule has 0 aliphatic carbocycles. The molecule has 0 amide bonds. The normalized spacial score (nSPS) is 10.4. The molecule has 0 radical (unpaired) electrons. The average Bonchev–Trinajstić information content (AvgIpc) is 2.60. The lowest BCUT2D eigenvalue weighted by Gasteiger charge is -2.07. The van der Waals surface area contributed by atoms with Gasteiger partial charge in [0.05, 0.1) is 24.5 Å². The number of hydrogen-bond donors (Lipinski definition) is 2. The summed E-state index contributed by atoms with van der Waals surface area (Å²) in [5, 5.41) is 26.8. The van der Waals surface area contributed by atoms with Crippen molar-refractivity contribution >= 4 is 23.8 Å². The highest BCUT2D eigenvalue weighted by molar-refractivity contribution is 6.07. The summed E-state index contributed by atoms with van der Waals surface area (Å²) >= 11 is 0. The molecule has 2 aromatic rings. The smallest absolute Gasteiger partial charge is 0.307 e. The Bertz CT molecular complexity index is 937. The zero-order valence-corrected chi connectivity index (χ0v) is 13.7. The lowest BCUT2D eigenvalue weighted by Crippen LogP contribution is -2.08. The Balaban J connectivity index is 2.26. The molecule has 0 aliphatic rings. The molecule has 26 heavy (non-hydrogen) atoms. The number of carbonyl (C=O) groups excluding carboxylic acids is 1. The highest BCUT2D eigenvalue weighted by Gasteiger charge is 2.11. The SMILES string of the molecule is N#Cc1cccc(C(=O)/C=C/c2ccc(CC(=O)O)c(CC(=O)O)c2)c1. The topological polar surface area (TPSA) is 115 Å². The number of hydrogen-bond acceptors (Lipinski definition) is 4. The second kappa shape index (κ2) is 8.40. The minimum atomic E-state index is -1.07. The Morgan fingerprint density at radius 2 is 1.65 bits per heavy atom. The van der Waals surface area contributed by atoms with Crippen LogP contribution in [0.1, 0.15) is 32.6 Å². The molecule has 6 heteroatoms. The van der Waals surface area contributed by atoms with Crippen LogP contribution in [-0.4, -0.2) is 27.9 Å². The number of aliphatic carboxylic acids is 2. The van der Waals surface area contributed by atoms with E-state index in [0.29, 0.717) is 27.8 Å². The maximum Gasteiger partial charge on any atom is 0.307 e. The van der Waals surface area contributed by atoms with Crippen molar-refractivity contribution in [3.8, 4) is 6.07 Å². The lowest BCUT2D eigenvalue weighted by molar-refractivity contribution is -0.137. The standard InChI is InChI=1S/C20H15NO5/c21-12-14-2-1-3-16(9-14)18(22)7-5-13-4-6-15(10-19(23)24)17(8-13)11-20(25)26/h1-9H,10-11H2,(H,23,24)(H,25,26)/b7-5+. The number of carboxylic acid groups (broad SMARTS) is 2. The lowest BCUT2D eigenvalue weighted by atomic mass is 9.98. The number of carboxylic acids is 2. The number of benzene rings is 2. The van der Waals surface area contributed by atoms with Gasteiger partial charge in [0.1, 0.15) is 0 Å². The molecule has 6 nitrogen and oxygen atoms in total. The van der Waals surface area contributed by atoms with Gasteiger partial charge in [0.25, 0.3) is 0 Å². The van der Waals surface area contributed by atoms with Crippen molar-refractivity contribution < 1.29 is 24.6 Å². The van der Waals surface area contributed by atoms with Crippen LogP contribution in [0.5, 0.6) is 0 Å². The van der Waals surface area contributed by atoms with Crippen LogP contribution in [0, 0.1) is 11.3 Å². The van der Waals surface area contributed by atoms with Crippen LogP contribution in [0.15, 0.2) is 48.5 Å². The molecule has 2 rings (SSSR count). The zero-order chi connectivity index (χ0) is 19.1. The molecule has 0 atom stereocenters. The van der Waals surface area contributed by atoms with Gasteiger partial charge in [-0.05, 0) is 34.9 Å². The van der Waals surface area contributed by atoms with Crippen molar-refractivity contribution in [3.05, 3.63) is 76.4 Å². The number of rotatable bonds is 7. The van der Waals surface area contributed by atoms with Gasteiger partial charge in [0.15, 0.2) is 5.78 Å². The fourth-order valence-corrected chi connectivity index (χ4v) is 2.42. The molecule has 0 unspecified atom stereocenters. The summed E-state index contributed by atoms with van der Waals surface area (Å²) in [6.07, 6.45) is 2.28. The summed E-state index contributed by atoms with van der Waals surface area (Å²) in [6, 6.07) is 13.0. The molecule has 130 valence electrons. The van der Waals surface area contributed by atoms with E-state index in [2.05, 4.69) is 0 Å². The summed E-state index contributed by atoms with van der Waals surface area (Å²) in [4.78, 5) is 34.1. The first-order chi connectivity index (χ1) is 12.4. The third-order valence-electron chi connectivity index (χ3n) is 3.62. The van der Waals surface area contributed by atoms with E-state index in [9.17, 15) is 14.4 Å². The molecule has 2 aromatic carbocycles. The first-order valence-corrected chi connectivity index (χ1v) is 7.67. The first-order valence-electron chi connectivity index (χ1n) is 7.67. The molecular weight excluding hydrogens is 334 g/mol. The van der Waals surface area contributed by atoms with E-state index in [1.54, 1.807) is 36.4 Å². The monoisotopic (exact) mass is 349 g/mol. The number of ketones is 1. The molecule has 2 N–H and O–H groups in total. The van der Waals surface area contributed by atoms with Crippen molar-refractivity contribution in [1.82, 2.24) is 0 Å². The Morgan fingerprint density at radius 1 is 0.962 bits per heavy atom. The van der Waals surface area contributed by atoms with Gasteiger partial charge in [0.2, 0.25) is 0 Å². The number of nitriles is 1. The third-order valence-corrected chi connectivity index (χ3v) is 3.62. The second-order valence-electron chi connectivity index (χ2n) is 5.56. The van der Waals surface area contributed by atoms with Crippen LogP contribution < -0.4 is 0 Å². The Labute approximate surface area is 149 Å². The van der Waals surface area contributed by atoms with Gasteiger partial charge in [0, 0.05) is 5.56 Å². The minimum absolute atomic E-state index is 0.271. The van der Waals surface area contributed by atoms with Crippen LogP contribution in [0.25, 0.3) is 6.08 Å². The van der Waals surface area contributed by atoms with Gasteiger partial charge in [-0.3, -0.25) is 14.4 Å². The minimum Gasteiger partial charge on any atom is -0.481 e. The van der Waals surface area contributed by atoms with Gasteiger partial charge in [-0.2, -0.15) is 5.26 Å². The maximum atomic E-state index is 12.2. The highest BCUT2D eigenvalue weighted by atomic mass is 16.4. The van der Waals surface area contributed by atoms with E-state index in [1.165, 1.54) is 18.2 Å². The van der Waals surface area contributed by atoms with Crippen molar-refractivity contribution in [2.24, 2.45) is 0 Å². The first kappa shape index (κ1) is 18.6. The van der Waals surface area contributed by atoms with Crippen molar-refractivity contribution in [2.45, 2.75) is 12.8 Å². The van der Waals surface area contributed by atoms with Crippen LogP contribution in [0.4, 0.5) is 0 Å². The van der Waals surface area contributed by atoms with Gasteiger partial charge in [-0.25, -0.2) is 0 Å². The van der Waals surface area contributed by atoms with Crippen molar-refractivity contribution in [3.63, 3.8) is 0 Å².